The van der Waals surface area contributed by atoms with Crippen LogP contribution in [-0.4, -0.2) is 31.0 Å². The van der Waals surface area contributed by atoms with Crippen molar-refractivity contribution < 1.29 is 9.53 Å². The molecule has 1 amide bonds. The van der Waals surface area contributed by atoms with E-state index in [2.05, 4.69) is 45.6 Å². The third-order valence-corrected chi connectivity index (χ3v) is 3.79. The summed E-state index contributed by atoms with van der Waals surface area (Å²) in [4.78, 5) is 14.1. The van der Waals surface area contributed by atoms with Crippen LogP contribution in [0, 0.1) is 0 Å². The first-order valence-electron chi connectivity index (χ1n) is 7.48. The summed E-state index contributed by atoms with van der Waals surface area (Å²) in [7, 11) is 1.59. The van der Waals surface area contributed by atoms with Gasteiger partial charge in [0.2, 0.25) is 0 Å². The highest BCUT2D eigenvalue weighted by molar-refractivity contribution is 5.96. The van der Waals surface area contributed by atoms with Gasteiger partial charge in [0.25, 0.3) is 5.91 Å². The molecule has 0 unspecified atom stereocenters. The molecule has 2 N–H and O–H groups in total. The third-order valence-electron chi connectivity index (χ3n) is 3.79. The van der Waals surface area contributed by atoms with Crippen LogP contribution in [0.3, 0.4) is 0 Å². The van der Waals surface area contributed by atoms with E-state index in [0.29, 0.717) is 11.3 Å². The Labute approximate surface area is 128 Å². The Balaban J connectivity index is 3.44. The van der Waals surface area contributed by atoms with Gasteiger partial charge in [-0.25, -0.2) is 0 Å². The first kappa shape index (κ1) is 17.5. The van der Waals surface area contributed by atoms with Gasteiger partial charge in [-0.3, -0.25) is 9.69 Å². The van der Waals surface area contributed by atoms with Gasteiger partial charge in [-0.2, -0.15) is 0 Å². The van der Waals surface area contributed by atoms with Gasteiger partial charge < -0.3 is 10.5 Å². The number of carbonyl (C=O) groups is 1. The first-order valence-corrected chi connectivity index (χ1v) is 7.48. The normalized spacial score (nSPS) is 11.8. The molecule has 0 atom stereocenters. The van der Waals surface area contributed by atoms with Gasteiger partial charge >= 0.3 is 0 Å². The lowest BCUT2D eigenvalue weighted by Crippen LogP contribution is -2.24. The molecule has 0 heterocycles. The van der Waals surface area contributed by atoms with Crippen molar-refractivity contribution in [2.75, 3.05) is 20.2 Å². The van der Waals surface area contributed by atoms with E-state index in [0.717, 1.165) is 30.8 Å². The number of carbonyl (C=O) groups excluding carboxylic acids is 1. The topological polar surface area (TPSA) is 55.6 Å². The van der Waals surface area contributed by atoms with E-state index >= 15 is 0 Å². The second kappa shape index (κ2) is 6.94. The minimum absolute atomic E-state index is 0.0471. The van der Waals surface area contributed by atoms with Crippen molar-refractivity contribution in [1.29, 1.82) is 0 Å². The van der Waals surface area contributed by atoms with Gasteiger partial charge in [0.05, 0.1) is 12.7 Å². The van der Waals surface area contributed by atoms with E-state index in [-0.39, 0.29) is 5.41 Å². The van der Waals surface area contributed by atoms with Crippen molar-refractivity contribution in [1.82, 2.24) is 4.90 Å². The predicted molar refractivity (Wildman–Crippen MR) is 86.8 cm³/mol. The van der Waals surface area contributed by atoms with E-state index in [1.54, 1.807) is 7.11 Å². The zero-order valence-electron chi connectivity index (χ0n) is 14.1. The molecule has 118 valence electrons. The van der Waals surface area contributed by atoms with Crippen LogP contribution in [0.25, 0.3) is 0 Å². The summed E-state index contributed by atoms with van der Waals surface area (Å²) in [5.74, 6) is 0.154. The van der Waals surface area contributed by atoms with Crippen molar-refractivity contribution in [2.24, 2.45) is 5.73 Å². The molecular formula is C17H28N2O2. The zero-order valence-corrected chi connectivity index (χ0v) is 14.1. The highest BCUT2D eigenvalue weighted by atomic mass is 16.5. The minimum Gasteiger partial charge on any atom is -0.496 e. The standard InChI is InChI=1S/C17H28N2O2/c1-7-19(8-2)11-12-9-13(17(3,4)5)10-14(16(18)20)15(12)21-6/h9-10H,7-8,11H2,1-6H3,(H2,18,20). The van der Waals surface area contributed by atoms with Crippen LogP contribution >= 0.6 is 0 Å². The number of hydrogen-bond donors (Lipinski definition) is 1. The van der Waals surface area contributed by atoms with Gasteiger partial charge in [-0.05, 0) is 30.1 Å². The monoisotopic (exact) mass is 292 g/mol. The van der Waals surface area contributed by atoms with Crippen LogP contribution in [0.4, 0.5) is 0 Å². The molecule has 1 aromatic carbocycles. The molecule has 0 spiro atoms. The van der Waals surface area contributed by atoms with Gasteiger partial charge in [0.1, 0.15) is 5.75 Å². The van der Waals surface area contributed by atoms with Crippen molar-refractivity contribution >= 4 is 5.91 Å². The maximum Gasteiger partial charge on any atom is 0.252 e. The number of methoxy groups -OCH3 is 1. The Morgan fingerprint density at radius 2 is 1.81 bits per heavy atom. The lowest BCUT2D eigenvalue weighted by molar-refractivity contribution is 0.0997. The van der Waals surface area contributed by atoms with E-state index < -0.39 is 5.91 Å². The summed E-state index contributed by atoms with van der Waals surface area (Å²) >= 11 is 0. The van der Waals surface area contributed by atoms with Crippen molar-refractivity contribution in [3.63, 3.8) is 0 Å². The first-order chi connectivity index (χ1) is 9.74. The van der Waals surface area contributed by atoms with E-state index in [1.165, 1.54) is 0 Å². The molecule has 0 saturated carbocycles. The fraction of sp³-hybridized carbons (Fsp3) is 0.588. The molecule has 0 bridgehead atoms. The van der Waals surface area contributed by atoms with Crippen LogP contribution in [-0.2, 0) is 12.0 Å². The van der Waals surface area contributed by atoms with Gasteiger partial charge in [0, 0.05) is 12.1 Å². The number of benzene rings is 1. The van der Waals surface area contributed by atoms with Gasteiger partial charge in [0.15, 0.2) is 0 Å². The number of nitrogens with zero attached hydrogens (tertiary/aromatic N) is 1. The third kappa shape index (κ3) is 4.21. The molecule has 0 saturated heterocycles. The maximum atomic E-state index is 11.8. The largest absolute Gasteiger partial charge is 0.496 e. The van der Waals surface area contributed by atoms with E-state index in [1.807, 2.05) is 6.07 Å². The molecule has 0 aliphatic carbocycles. The fourth-order valence-corrected chi connectivity index (χ4v) is 2.35. The van der Waals surface area contributed by atoms with Crippen molar-refractivity contribution in [3.8, 4) is 5.75 Å². The highest BCUT2D eigenvalue weighted by Gasteiger charge is 2.22. The van der Waals surface area contributed by atoms with Crippen LogP contribution in [0.15, 0.2) is 12.1 Å². The van der Waals surface area contributed by atoms with Gasteiger partial charge in [-0.1, -0.05) is 40.7 Å². The van der Waals surface area contributed by atoms with Crippen LogP contribution in [0.2, 0.25) is 0 Å². The van der Waals surface area contributed by atoms with Crippen LogP contribution in [0.1, 0.15) is 56.1 Å². The number of hydrogen-bond acceptors (Lipinski definition) is 3. The molecule has 1 rings (SSSR count). The number of amides is 1. The quantitative estimate of drug-likeness (QED) is 0.877. The molecule has 0 radical (unpaired) electrons. The Morgan fingerprint density at radius 1 is 1.24 bits per heavy atom. The average molecular weight is 292 g/mol. The van der Waals surface area contributed by atoms with Crippen molar-refractivity contribution in [2.45, 2.75) is 46.6 Å². The molecule has 4 nitrogen and oxygen atoms in total. The second-order valence-electron chi connectivity index (χ2n) is 6.29. The Hall–Kier alpha value is -1.55. The van der Waals surface area contributed by atoms with E-state index in [9.17, 15) is 4.79 Å². The predicted octanol–water partition coefficient (Wildman–Crippen LogP) is 2.93. The SMILES string of the molecule is CCN(CC)Cc1cc(C(C)(C)C)cc(C(N)=O)c1OC. The molecule has 0 fully saturated rings. The number of ether oxygens (including phenoxy) is 1. The second-order valence-corrected chi connectivity index (χ2v) is 6.29. The lowest BCUT2D eigenvalue weighted by Gasteiger charge is -2.25. The summed E-state index contributed by atoms with van der Waals surface area (Å²) in [5.41, 5.74) is 8.06. The summed E-state index contributed by atoms with van der Waals surface area (Å²) in [5, 5.41) is 0. The zero-order chi connectivity index (χ0) is 16.2. The lowest BCUT2D eigenvalue weighted by atomic mass is 9.84. The Bertz CT molecular complexity index is 500. The van der Waals surface area contributed by atoms with Crippen LogP contribution in [0.5, 0.6) is 5.75 Å². The number of rotatable bonds is 6. The average Bonchev–Trinajstić information content (AvgIpc) is 2.42. The number of nitrogens with two attached hydrogens (primary N) is 1. The maximum absolute atomic E-state index is 11.8. The molecule has 4 heteroatoms. The highest BCUT2D eigenvalue weighted by Crippen LogP contribution is 2.32. The number of primary amides is 1. The molecule has 1 aromatic rings. The van der Waals surface area contributed by atoms with Gasteiger partial charge in [-0.15, -0.1) is 0 Å². The van der Waals surface area contributed by atoms with Crippen molar-refractivity contribution in [3.05, 3.63) is 28.8 Å². The molecule has 0 aliphatic heterocycles. The molecule has 0 aromatic heterocycles. The Kier molecular flexibility index (Phi) is 5.78. The van der Waals surface area contributed by atoms with Crippen LogP contribution < -0.4 is 10.5 Å². The Morgan fingerprint density at radius 3 is 2.19 bits per heavy atom. The molecular weight excluding hydrogens is 264 g/mol. The minimum atomic E-state index is -0.446. The summed E-state index contributed by atoms with van der Waals surface area (Å²) in [6.07, 6.45) is 0. The summed E-state index contributed by atoms with van der Waals surface area (Å²) in [6, 6.07) is 3.98. The summed E-state index contributed by atoms with van der Waals surface area (Å²) in [6.45, 7) is 13.3. The summed E-state index contributed by atoms with van der Waals surface area (Å²) < 4.78 is 5.47. The fourth-order valence-electron chi connectivity index (χ4n) is 2.35. The molecule has 21 heavy (non-hydrogen) atoms. The van der Waals surface area contributed by atoms with E-state index in [4.69, 9.17) is 10.5 Å². The smallest absolute Gasteiger partial charge is 0.252 e. The molecule has 0 aliphatic rings.